The summed E-state index contributed by atoms with van der Waals surface area (Å²) in [6.45, 7) is 1.30. The molecule has 1 aliphatic rings. The molecule has 0 aliphatic carbocycles. The van der Waals surface area contributed by atoms with E-state index in [1.54, 1.807) is 74.1 Å². The SMILES string of the molecule is COc1ccc(C(CC(=O)NC2CCN(c3ncccc3C#N)CC2)c2c(O)nc3ccccn3c2=O)cc1. The highest BCUT2D eigenvalue weighted by atomic mass is 16.5. The first-order valence-corrected chi connectivity index (χ1v) is 12.7. The van der Waals surface area contributed by atoms with Gasteiger partial charge in [0.05, 0.1) is 18.2 Å². The number of benzene rings is 1. The van der Waals surface area contributed by atoms with E-state index in [9.17, 15) is 20.0 Å². The summed E-state index contributed by atoms with van der Waals surface area (Å²) in [7, 11) is 1.56. The quantitative estimate of drug-likeness (QED) is 0.377. The first kappa shape index (κ1) is 25.7. The first-order chi connectivity index (χ1) is 19.0. The van der Waals surface area contributed by atoms with Crippen LogP contribution in [0.3, 0.4) is 0 Å². The largest absolute Gasteiger partial charge is 0.497 e. The number of methoxy groups -OCH3 is 1. The van der Waals surface area contributed by atoms with Gasteiger partial charge in [-0.1, -0.05) is 18.2 Å². The highest BCUT2D eigenvalue weighted by Gasteiger charge is 2.29. The van der Waals surface area contributed by atoms with Gasteiger partial charge in [-0.25, -0.2) is 4.98 Å². The summed E-state index contributed by atoms with van der Waals surface area (Å²) in [5, 5.41) is 23.3. The van der Waals surface area contributed by atoms with Crippen LogP contribution in [0.25, 0.3) is 5.65 Å². The van der Waals surface area contributed by atoms with Crippen molar-refractivity contribution in [2.45, 2.75) is 31.2 Å². The monoisotopic (exact) mass is 524 g/mol. The average Bonchev–Trinajstić information content (AvgIpc) is 2.97. The Labute approximate surface area is 225 Å². The Balaban J connectivity index is 1.36. The van der Waals surface area contributed by atoms with Crippen LogP contribution in [0, 0.1) is 11.3 Å². The molecule has 4 aromatic rings. The molecule has 1 saturated heterocycles. The molecule has 1 aromatic carbocycles. The van der Waals surface area contributed by atoms with Gasteiger partial charge < -0.3 is 20.1 Å². The standard InChI is InChI=1S/C29H28N6O4/c1-39-22-9-7-19(8-10-22)23(26-28(37)33-24-6-2-3-14-35(24)29(26)38)17-25(36)32-21-11-15-34(16-12-21)27-20(18-30)5-4-13-31-27/h2-10,13-14,21,23,37H,11-12,15-17H2,1H3,(H,32,36). The fraction of sp³-hybridized carbons (Fsp3) is 0.276. The summed E-state index contributed by atoms with van der Waals surface area (Å²) >= 11 is 0. The second kappa shape index (κ2) is 11.2. The fourth-order valence-electron chi connectivity index (χ4n) is 5.06. The second-order valence-electron chi connectivity index (χ2n) is 9.43. The fourth-order valence-corrected chi connectivity index (χ4v) is 5.06. The van der Waals surface area contributed by atoms with Crippen molar-refractivity contribution in [3.63, 3.8) is 0 Å². The van der Waals surface area contributed by atoms with Crippen molar-refractivity contribution in [2.75, 3.05) is 25.1 Å². The smallest absolute Gasteiger partial charge is 0.265 e. The number of aromatic hydroxyl groups is 1. The average molecular weight is 525 g/mol. The van der Waals surface area contributed by atoms with Crippen LogP contribution in [0.1, 0.15) is 41.9 Å². The van der Waals surface area contributed by atoms with Crippen molar-refractivity contribution in [3.05, 3.63) is 94.0 Å². The maximum atomic E-state index is 13.5. The van der Waals surface area contributed by atoms with Crippen LogP contribution in [0.15, 0.2) is 71.8 Å². The molecule has 10 heteroatoms. The molecule has 1 atom stereocenters. The van der Waals surface area contributed by atoms with Crippen LogP contribution < -0.4 is 20.5 Å². The van der Waals surface area contributed by atoms with Gasteiger partial charge in [0, 0.05) is 43.9 Å². The maximum Gasteiger partial charge on any atom is 0.265 e. The first-order valence-electron chi connectivity index (χ1n) is 12.7. The Morgan fingerprint density at radius 1 is 1.18 bits per heavy atom. The molecule has 3 aromatic heterocycles. The van der Waals surface area contributed by atoms with Crippen LogP contribution in [-0.2, 0) is 4.79 Å². The molecule has 39 heavy (non-hydrogen) atoms. The molecule has 5 rings (SSSR count). The number of fused-ring (bicyclic) bond motifs is 1. The van der Waals surface area contributed by atoms with Gasteiger partial charge in [-0.15, -0.1) is 0 Å². The number of carbonyl (C=O) groups is 1. The zero-order valence-electron chi connectivity index (χ0n) is 21.4. The molecule has 1 fully saturated rings. The Morgan fingerprint density at radius 3 is 2.67 bits per heavy atom. The Kier molecular flexibility index (Phi) is 7.41. The van der Waals surface area contributed by atoms with Crippen LogP contribution in [-0.4, -0.2) is 51.6 Å². The van der Waals surface area contributed by atoms with Gasteiger partial charge in [-0.3, -0.25) is 14.0 Å². The number of ether oxygens (including phenoxy) is 1. The van der Waals surface area contributed by atoms with Crippen molar-refractivity contribution >= 4 is 17.4 Å². The Hall–Kier alpha value is -4.91. The van der Waals surface area contributed by atoms with Crippen LogP contribution in [0.5, 0.6) is 11.6 Å². The summed E-state index contributed by atoms with van der Waals surface area (Å²) in [5.41, 5.74) is 1.17. The number of nitriles is 1. The number of amides is 1. The molecule has 4 heterocycles. The highest BCUT2D eigenvalue weighted by molar-refractivity contribution is 5.78. The topological polar surface area (TPSA) is 133 Å². The summed E-state index contributed by atoms with van der Waals surface area (Å²) in [5.74, 6) is -0.0544. The van der Waals surface area contributed by atoms with Gasteiger partial charge in [0.25, 0.3) is 5.56 Å². The molecule has 0 spiro atoms. The zero-order chi connectivity index (χ0) is 27.4. The number of hydrogen-bond acceptors (Lipinski definition) is 8. The molecular weight excluding hydrogens is 496 g/mol. The van der Waals surface area contributed by atoms with Crippen molar-refractivity contribution in [3.8, 4) is 17.7 Å². The number of piperidine rings is 1. The van der Waals surface area contributed by atoms with Gasteiger partial charge in [0.15, 0.2) is 0 Å². The third kappa shape index (κ3) is 5.38. The normalized spacial score (nSPS) is 14.5. The number of nitrogens with one attached hydrogen (secondary N) is 1. The van der Waals surface area contributed by atoms with Crippen LogP contribution in [0.4, 0.5) is 5.82 Å². The number of nitrogens with zero attached hydrogens (tertiary/aromatic N) is 5. The van der Waals surface area contributed by atoms with E-state index in [0.29, 0.717) is 54.3 Å². The molecule has 198 valence electrons. The molecule has 1 amide bonds. The van der Waals surface area contributed by atoms with E-state index in [1.807, 2.05) is 0 Å². The molecule has 0 radical (unpaired) electrons. The molecule has 1 unspecified atom stereocenters. The van der Waals surface area contributed by atoms with E-state index in [-0.39, 0.29) is 23.9 Å². The van der Waals surface area contributed by atoms with Crippen LogP contribution in [0.2, 0.25) is 0 Å². The van der Waals surface area contributed by atoms with Gasteiger partial charge in [-0.05, 0) is 54.8 Å². The number of rotatable bonds is 7. The predicted molar refractivity (Wildman–Crippen MR) is 145 cm³/mol. The maximum absolute atomic E-state index is 13.5. The number of aromatic nitrogens is 3. The Morgan fingerprint density at radius 2 is 1.95 bits per heavy atom. The van der Waals surface area contributed by atoms with Crippen molar-refractivity contribution < 1.29 is 14.6 Å². The molecule has 1 aliphatic heterocycles. The molecule has 0 saturated carbocycles. The van der Waals surface area contributed by atoms with E-state index in [2.05, 4.69) is 26.3 Å². The lowest BCUT2D eigenvalue weighted by molar-refractivity contribution is -0.122. The lowest BCUT2D eigenvalue weighted by Gasteiger charge is -2.33. The van der Waals surface area contributed by atoms with E-state index in [4.69, 9.17) is 4.74 Å². The minimum atomic E-state index is -0.722. The molecule has 2 N–H and O–H groups in total. The van der Waals surface area contributed by atoms with Crippen molar-refractivity contribution in [1.29, 1.82) is 5.26 Å². The highest BCUT2D eigenvalue weighted by Crippen LogP contribution is 2.32. The van der Waals surface area contributed by atoms with Crippen molar-refractivity contribution in [1.82, 2.24) is 19.7 Å². The minimum absolute atomic E-state index is 0.0469. The lowest BCUT2D eigenvalue weighted by Crippen LogP contribution is -2.45. The number of anilines is 1. The van der Waals surface area contributed by atoms with Gasteiger partial charge in [-0.2, -0.15) is 10.2 Å². The van der Waals surface area contributed by atoms with Crippen LogP contribution >= 0.6 is 0 Å². The van der Waals surface area contributed by atoms with Gasteiger partial charge in [0.1, 0.15) is 23.3 Å². The summed E-state index contributed by atoms with van der Waals surface area (Å²) in [6.07, 6.45) is 4.58. The number of carbonyl (C=O) groups excluding carboxylic acids is 1. The second-order valence-corrected chi connectivity index (χ2v) is 9.43. The van der Waals surface area contributed by atoms with E-state index in [1.165, 1.54) is 4.40 Å². The van der Waals surface area contributed by atoms with E-state index >= 15 is 0 Å². The molecule has 0 bridgehead atoms. The van der Waals surface area contributed by atoms with Crippen molar-refractivity contribution in [2.24, 2.45) is 0 Å². The van der Waals surface area contributed by atoms with Gasteiger partial charge in [0.2, 0.25) is 11.8 Å². The number of pyridine rings is 2. The summed E-state index contributed by atoms with van der Waals surface area (Å²) in [6, 6.07) is 17.8. The third-order valence-corrected chi connectivity index (χ3v) is 7.07. The third-order valence-electron chi connectivity index (χ3n) is 7.07. The number of hydrogen-bond donors (Lipinski definition) is 2. The predicted octanol–water partition coefficient (Wildman–Crippen LogP) is 2.98. The van der Waals surface area contributed by atoms with Gasteiger partial charge >= 0.3 is 0 Å². The van der Waals surface area contributed by atoms with E-state index in [0.717, 1.165) is 0 Å². The molecule has 10 nitrogen and oxygen atoms in total. The Bertz CT molecular complexity index is 1590. The lowest BCUT2D eigenvalue weighted by atomic mass is 9.88. The summed E-state index contributed by atoms with van der Waals surface area (Å²) in [4.78, 5) is 37.4. The minimum Gasteiger partial charge on any atom is -0.497 e. The molecular formula is C29H28N6O4. The van der Waals surface area contributed by atoms with E-state index < -0.39 is 17.4 Å². The summed E-state index contributed by atoms with van der Waals surface area (Å²) < 4.78 is 6.63. The zero-order valence-corrected chi connectivity index (χ0v) is 21.4.